The smallest absolute Gasteiger partial charge is 0.275 e. The summed E-state index contributed by atoms with van der Waals surface area (Å²) >= 11 is 0. The van der Waals surface area contributed by atoms with E-state index in [1.807, 2.05) is 14.1 Å². The quantitative estimate of drug-likeness (QED) is 0.780. The molecule has 0 radical (unpaired) electrons. The zero-order valence-electron chi connectivity index (χ0n) is 13.8. The van der Waals surface area contributed by atoms with E-state index in [0.29, 0.717) is 12.3 Å². The van der Waals surface area contributed by atoms with E-state index in [2.05, 4.69) is 24.1 Å². The van der Waals surface area contributed by atoms with Crippen molar-refractivity contribution in [3.63, 3.8) is 0 Å². The van der Waals surface area contributed by atoms with Crippen LogP contribution in [0.25, 0.3) is 0 Å². The van der Waals surface area contributed by atoms with E-state index >= 15 is 0 Å². The minimum absolute atomic E-state index is 0.0168. The first-order valence-corrected chi connectivity index (χ1v) is 8.35. The molecule has 0 bridgehead atoms. The Kier molecular flexibility index (Phi) is 5.98. The molecule has 0 spiro atoms. The van der Waals surface area contributed by atoms with E-state index in [9.17, 15) is 8.42 Å². The molecule has 1 aromatic heterocycles. The molecule has 21 heavy (non-hydrogen) atoms. The Bertz CT molecular complexity index is 548. The second kappa shape index (κ2) is 6.91. The van der Waals surface area contributed by atoms with E-state index in [4.69, 9.17) is 4.42 Å². The summed E-state index contributed by atoms with van der Waals surface area (Å²) in [5.41, 5.74) is 0.134. The molecule has 1 heterocycles. The second-order valence-electron chi connectivity index (χ2n) is 6.51. The predicted octanol–water partition coefficient (Wildman–Crippen LogP) is 1.21. The lowest BCUT2D eigenvalue weighted by Crippen LogP contribution is -2.37. The highest BCUT2D eigenvalue weighted by molar-refractivity contribution is 7.88. The van der Waals surface area contributed by atoms with Crippen LogP contribution in [0.4, 0.5) is 0 Å². The molecule has 0 saturated heterocycles. The standard InChI is InChI=1S/C14H27N3O3S/c1-14(2,11-16(3)4)10-15-9-12-7-8-13(20-12)21(18,19)17(5)6/h7-8,15H,9-11H2,1-6H3. The van der Waals surface area contributed by atoms with E-state index < -0.39 is 10.0 Å². The number of rotatable bonds is 8. The molecule has 0 fully saturated rings. The number of hydrogen-bond donors (Lipinski definition) is 1. The molecule has 0 amide bonds. The Hall–Kier alpha value is -0.890. The summed E-state index contributed by atoms with van der Waals surface area (Å²) in [6.07, 6.45) is 0. The van der Waals surface area contributed by atoms with Crippen molar-refractivity contribution in [1.29, 1.82) is 0 Å². The summed E-state index contributed by atoms with van der Waals surface area (Å²) < 4.78 is 30.4. The van der Waals surface area contributed by atoms with Gasteiger partial charge in [0.05, 0.1) is 6.54 Å². The van der Waals surface area contributed by atoms with Gasteiger partial charge in [0.15, 0.2) is 0 Å². The Morgan fingerprint density at radius 3 is 2.33 bits per heavy atom. The van der Waals surface area contributed by atoms with Gasteiger partial charge in [0, 0.05) is 27.2 Å². The van der Waals surface area contributed by atoms with E-state index in [0.717, 1.165) is 17.4 Å². The summed E-state index contributed by atoms with van der Waals surface area (Å²) in [5, 5.41) is 3.30. The van der Waals surface area contributed by atoms with Gasteiger partial charge in [-0.15, -0.1) is 0 Å². The van der Waals surface area contributed by atoms with Crippen LogP contribution in [0.5, 0.6) is 0 Å². The molecule has 0 atom stereocenters. The molecule has 1 N–H and O–H groups in total. The fraction of sp³-hybridized carbons (Fsp3) is 0.714. The van der Waals surface area contributed by atoms with Crippen LogP contribution in [-0.4, -0.2) is 58.9 Å². The summed E-state index contributed by atoms with van der Waals surface area (Å²) in [6.45, 7) is 6.67. The van der Waals surface area contributed by atoms with E-state index in [-0.39, 0.29) is 10.5 Å². The van der Waals surface area contributed by atoms with Crippen molar-refractivity contribution in [3.8, 4) is 0 Å². The van der Waals surface area contributed by atoms with Gasteiger partial charge in [-0.2, -0.15) is 0 Å². The highest BCUT2D eigenvalue weighted by atomic mass is 32.2. The van der Waals surface area contributed by atoms with Gasteiger partial charge < -0.3 is 14.6 Å². The highest BCUT2D eigenvalue weighted by Crippen LogP contribution is 2.18. The van der Waals surface area contributed by atoms with Crippen LogP contribution in [0.1, 0.15) is 19.6 Å². The molecule has 0 unspecified atom stereocenters. The Morgan fingerprint density at radius 2 is 1.81 bits per heavy atom. The van der Waals surface area contributed by atoms with Crippen molar-refractivity contribution in [2.75, 3.05) is 41.3 Å². The third kappa shape index (κ3) is 5.43. The van der Waals surface area contributed by atoms with Crippen LogP contribution >= 0.6 is 0 Å². The topological polar surface area (TPSA) is 65.8 Å². The van der Waals surface area contributed by atoms with E-state index in [1.54, 1.807) is 6.07 Å². The van der Waals surface area contributed by atoms with Crippen LogP contribution in [0.2, 0.25) is 0 Å². The van der Waals surface area contributed by atoms with Gasteiger partial charge in [0.25, 0.3) is 10.0 Å². The number of nitrogens with zero attached hydrogens (tertiary/aromatic N) is 2. The Balaban J connectivity index is 2.57. The van der Waals surface area contributed by atoms with Crippen molar-refractivity contribution in [1.82, 2.24) is 14.5 Å². The van der Waals surface area contributed by atoms with Crippen LogP contribution in [0.3, 0.4) is 0 Å². The molecule has 0 aromatic carbocycles. The van der Waals surface area contributed by atoms with Gasteiger partial charge >= 0.3 is 0 Å². The molecule has 0 aliphatic rings. The molecule has 122 valence electrons. The maximum Gasteiger partial charge on any atom is 0.275 e. The first kappa shape index (κ1) is 18.2. The minimum atomic E-state index is -3.49. The molecule has 6 nitrogen and oxygen atoms in total. The average molecular weight is 317 g/mol. The second-order valence-corrected chi connectivity index (χ2v) is 8.60. The Morgan fingerprint density at radius 1 is 1.19 bits per heavy atom. The monoisotopic (exact) mass is 317 g/mol. The van der Waals surface area contributed by atoms with Crippen molar-refractivity contribution in [3.05, 3.63) is 17.9 Å². The first-order valence-electron chi connectivity index (χ1n) is 6.91. The van der Waals surface area contributed by atoms with E-state index in [1.165, 1.54) is 20.2 Å². The molecular formula is C14H27N3O3S. The SMILES string of the molecule is CN(C)CC(C)(C)CNCc1ccc(S(=O)(=O)N(C)C)o1. The maximum atomic E-state index is 11.9. The lowest BCUT2D eigenvalue weighted by molar-refractivity contribution is 0.229. The third-order valence-electron chi connectivity index (χ3n) is 3.02. The van der Waals surface area contributed by atoms with Gasteiger partial charge in [0.1, 0.15) is 5.76 Å². The normalized spacial score (nSPS) is 13.3. The number of sulfonamides is 1. The van der Waals surface area contributed by atoms with Crippen LogP contribution in [0.15, 0.2) is 21.6 Å². The summed E-state index contributed by atoms with van der Waals surface area (Å²) in [5.74, 6) is 0.621. The molecule has 0 aliphatic heterocycles. The number of furan rings is 1. The average Bonchev–Trinajstić information content (AvgIpc) is 2.75. The van der Waals surface area contributed by atoms with Crippen molar-refractivity contribution in [2.45, 2.75) is 25.5 Å². The van der Waals surface area contributed by atoms with Gasteiger partial charge in [-0.3, -0.25) is 0 Å². The van der Waals surface area contributed by atoms with Crippen molar-refractivity contribution < 1.29 is 12.8 Å². The lowest BCUT2D eigenvalue weighted by Gasteiger charge is -2.28. The third-order valence-corrected chi connectivity index (χ3v) is 4.71. The number of nitrogens with one attached hydrogen (secondary N) is 1. The summed E-state index contributed by atoms with van der Waals surface area (Å²) in [6, 6.07) is 3.19. The summed E-state index contributed by atoms with van der Waals surface area (Å²) in [7, 11) is 3.57. The fourth-order valence-electron chi connectivity index (χ4n) is 2.21. The van der Waals surface area contributed by atoms with Crippen molar-refractivity contribution >= 4 is 10.0 Å². The lowest BCUT2D eigenvalue weighted by atomic mass is 9.93. The highest BCUT2D eigenvalue weighted by Gasteiger charge is 2.22. The van der Waals surface area contributed by atoms with Crippen molar-refractivity contribution in [2.24, 2.45) is 5.41 Å². The molecular weight excluding hydrogens is 290 g/mol. The zero-order chi connectivity index (χ0) is 16.3. The molecule has 0 saturated carbocycles. The number of hydrogen-bond acceptors (Lipinski definition) is 5. The van der Waals surface area contributed by atoms with Crippen LogP contribution in [0, 0.1) is 5.41 Å². The molecule has 1 aromatic rings. The maximum absolute atomic E-state index is 11.9. The summed E-state index contributed by atoms with van der Waals surface area (Å²) in [4.78, 5) is 2.15. The minimum Gasteiger partial charge on any atom is -0.447 e. The largest absolute Gasteiger partial charge is 0.447 e. The fourth-order valence-corrected chi connectivity index (χ4v) is 3.02. The molecule has 7 heteroatoms. The van der Waals surface area contributed by atoms with Crippen LogP contribution in [-0.2, 0) is 16.6 Å². The predicted molar refractivity (Wildman–Crippen MR) is 83.6 cm³/mol. The van der Waals surface area contributed by atoms with Gasteiger partial charge in [-0.1, -0.05) is 13.8 Å². The zero-order valence-corrected chi connectivity index (χ0v) is 14.6. The first-order chi connectivity index (χ1) is 9.54. The van der Waals surface area contributed by atoms with Crippen LogP contribution < -0.4 is 5.32 Å². The van der Waals surface area contributed by atoms with Gasteiger partial charge in [0.2, 0.25) is 5.09 Å². The molecule has 0 aliphatic carbocycles. The van der Waals surface area contributed by atoms with Gasteiger partial charge in [-0.05, 0) is 31.6 Å². The van der Waals surface area contributed by atoms with Gasteiger partial charge in [-0.25, -0.2) is 12.7 Å². The molecule has 1 rings (SSSR count). The Labute approximate surface area is 128 Å².